The van der Waals surface area contributed by atoms with E-state index in [4.69, 9.17) is 0 Å². The van der Waals surface area contributed by atoms with Gasteiger partial charge in [-0.25, -0.2) is 9.37 Å². The molecule has 0 saturated carbocycles. The van der Waals surface area contributed by atoms with Gasteiger partial charge in [0.1, 0.15) is 28.5 Å². The second kappa shape index (κ2) is 5.49. The zero-order chi connectivity index (χ0) is 16.7. The number of rotatable bonds is 2. The number of halogens is 1. The van der Waals surface area contributed by atoms with Crippen molar-refractivity contribution in [2.45, 2.75) is 12.8 Å². The molecule has 0 unspecified atom stereocenters. The Hall–Kier alpha value is -3.15. The van der Waals surface area contributed by atoms with Crippen molar-refractivity contribution in [3.05, 3.63) is 71.6 Å². The Balaban J connectivity index is 1.74. The molecule has 1 amide bonds. The van der Waals surface area contributed by atoms with E-state index >= 15 is 0 Å². The summed E-state index contributed by atoms with van der Waals surface area (Å²) in [4.78, 5) is 17.1. The summed E-state index contributed by atoms with van der Waals surface area (Å²) in [6.45, 7) is 0. The minimum atomic E-state index is -0.455. The van der Waals surface area contributed by atoms with Gasteiger partial charge in [-0.05, 0) is 42.8 Å². The Labute approximate surface area is 137 Å². The lowest BCUT2D eigenvalue weighted by molar-refractivity contribution is -0.111. The number of nitrogens with zero attached hydrogens (tertiary/aromatic N) is 2. The van der Waals surface area contributed by atoms with E-state index in [2.05, 4.69) is 10.3 Å². The zero-order valence-electron chi connectivity index (χ0n) is 12.7. The summed E-state index contributed by atoms with van der Waals surface area (Å²) < 4.78 is 14.9. The normalized spacial score (nSPS) is 13.9. The standard InChI is InChI=1S/C18H14FN3O2/c19-11-4-6-12(7-5-11)20-18(24)16-14(23)9-8-13-17(16)21-15-3-1-2-10-22(13)15/h1-7,10,23H,8-9H2,(H,20,24). The second-order valence-corrected chi connectivity index (χ2v) is 5.62. The zero-order valence-corrected chi connectivity index (χ0v) is 12.7. The number of benzene rings is 1. The Morgan fingerprint density at radius 1 is 1.17 bits per heavy atom. The average Bonchev–Trinajstić information content (AvgIpc) is 2.95. The van der Waals surface area contributed by atoms with Crippen LogP contribution < -0.4 is 5.32 Å². The van der Waals surface area contributed by atoms with Crippen molar-refractivity contribution in [1.29, 1.82) is 0 Å². The van der Waals surface area contributed by atoms with Crippen LogP contribution in [0.5, 0.6) is 0 Å². The highest BCUT2D eigenvalue weighted by atomic mass is 19.1. The van der Waals surface area contributed by atoms with Crippen LogP contribution in [0.15, 0.2) is 54.4 Å². The minimum absolute atomic E-state index is 0.0190. The number of hydrogen-bond acceptors (Lipinski definition) is 3. The number of allylic oxidation sites excluding steroid dienone is 1. The van der Waals surface area contributed by atoms with Gasteiger partial charge in [-0.2, -0.15) is 0 Å². The van der Waals surface area contributed by atoms with Crippen LogP contribution in [0.4, 0.5) is 10.1 Å². The van der Waals surface area contributed by atoms with Crippen molar-refractivity contribution < 1.29 is 14.3 Å². The van der Waals surface area contributed by atoms with Crippen molar-refractivity contribution in [3.63, 3.8) is 0 Å². The van der Waals surface area contributed by atoms with Crippen LogP contribution >= 0.6 is 0 Å². The predicted octanol–water partition coefficient (Wildman–Crippen LogP) is 3.33. The molecule has 2 heterocycles. The lowest BCUT2D eigenvalue weighted by Gasteiger charge is -2.16. The van der Waals surface area contributed by atoms with Crippen LogP contribution in [0.25, 0.3) is 11.2 Å². The molecule has 2 N–H and O–H groups in total. The minimum Gasteiger partial charge on any atom is -0.511 e. The fourth-order valence-electron chi connectivity index (χ4n) is 2.95. The predicted molar refractivity (Wildman–Crippen MR) is 88.1 cm³/mol. The number of amides is 1. The third kappa shape index (κ3) is 2.32. The van der Waals surface area contributed by atoms with Crippen LogP contribution in [0.1, 0.15) is 17.8 Å². The van der Waals surface area contributed by atoms with Gasteiger partial charge in [0.25, 0.3) is 5.91 Å². The lowest BCUT2D eigenvalue weighted by atomic mass is 9.97. The highest BCUT2D eigenvalue weighted by Gasteiger charge is 2.28. The summed E-state index contributed by atoms with van der Waals surface area (Å²) in [5, 5.41) is 12.9. The highest BCUT2D eigenvalue weighted by molar-refractivity contribution is 6.25. The molecule has 1 aromatic carbocycles. The topological polar surface area (TPSA) is 66.6 Å². The van der Waals surface area contributed by atoms with Gasteiger partial charge < -0.3 is 14.8 Å². The van der Waals surface area contributed by atoms with Crippen LogP contribution in [-0.2, 0) is 11.2 Å². The maximum atomic E-state index is 13.0. The molecular formula is C18H14FN3O2. The SMILES string of the molecule is O=C(Nc1ccc(F)cc1)C1=C(O)CCc2c1nc1ccccn21. The summed E-state index contributed by atoms with van der Waals surface area (Å²) in [5.41, 5.74) is 2.74. The number of carbonyl (C=O) groups is 1. The van der Waals surface area contributed by atoms with E-state index in [1.165, 1.54) is 24.3 Å². The second-order valence-electron chi connectivity index (χ2n) is 5.62. The molecule has 1 aliphatic carbocycles. The first kappa shape index (κ1) is 14.4. The van der Waals surface area contributed by atoms with Crippen LogP contribution in [-0.4, -0.2) is 20.4 Å². The number of aryl methyl sites for hydroxylation is 1. The fourth-order valence-corrected chi connectivity index (χ4v) is 2.95. The van der Waals surface area contributed by atoms with Crippen molar-refractivity contribution >= 4 is 22.8 Å². The molecule has 0 atom stereocenters. The molecule has 24 heavy (non-hydrogen) atoms. The van der Waals surface area contributed by atoms with E-state index in [9.17, 15) is 14.3 Å². The van der Waals surface area contributed by atoms with Gasteiger partial charge >= 0.3 is 0 Å². The molecule has 1 aliphatic rings. The summed E-state index contributed by atoms with van der Waals surface area (Å²) in [7, 11) is 0. The largest absolute Gasteiger partial charge is 0.511 e. The van der Waals surface area contributed by atoms with E-state index in [-0.39, 0.29) is 17.1 Å². The van der Waals surface area contributed by atoms with E-state index in [1.54, 1.807) is 0 Å². The number of aliphatic hydroxyl groups is 1. The number of anilines is 1. The molecule has 5 nitrogen and oxygen atoms in total. The first-order chi connectivity index (χ1) is 11.6. The molecule has 2 aromatic heterocycles. The van der Waals surface area contributed by atoms with E-state index in [1.807, 2.05) is 28.8 Å². The van der Waals surface area contributed by atoms with Crippen molar-refractivity contribution in [2.24, 2.45) is 0 Å². The quantitative estimate of drug-likeness (QED) is 0.760. The van der Waals surface area contributed by atoms with Crippen LogP contribution in [0, 0.1) is 5.82 Å². The lowest BCUT2D eigenvalue weighted by Crippen LogP contribution is -2.19. The summed E-state index contributed by atoms with van der Waals surface area (Å²) in [6.07, 6.45) is 2.88. The molecule has 0 spiro atoms. The molecule has 0 radical (unpaired) electrons. The summed E-state index contributed by atoms with van der Waals surface area (Å²) in [6, 6.07) is 11.1. The van der Waals surface area contributed by atoms with E-state index in [0.29, 0.717) is 24.2 Å². The number of fused-ring (bicyclic) bond motifs is 3. The van der Waals surface area contributed by atoms with Gasteiger partial charge in [-0.15, -0.1) is 0 Å². The number of pyridine rings is 1. The molecule has 4 rings (SSSR count). The highest BCUT2D eigenvalue weighted by Crippen LogP contribution is 2.31. The van der Waals surface area contributed by atoms with E-state index in [0.717, 1.165) is 11.3 Å². The molecule has 0 fully saturated rings. The maximum absolute atomic E-state index is 13.0. The monoisotopic (exact) mass is 323 g/mol. The van der Waals surface area contributed by atoms with Gasteiger partial charge in [0, 0.05) is 18.3 Å². The number of hydrogen-bond donors (Lipinski definition) is 2. The molecule has 0 saturated heterocycles. The number of imidazole rings is 1. The third-order valence-electron chi connectivity index (χ3n) is 4.08. The number of nitrogens with one attached hydrogen (secondary N) is 1. The van der Waals surface area contributed by atoms with Crippen molar-refractivity contribution in [3.8, 4) is 0 Å². The molecular weight excluding hydrogens is 309 g/mol. The van der Waals surface area contributed by atoms with Crippen molar-refractivity contribution in [1.82, 2.24) is 9.38 Å². The summed E-state index contributed by atoms with van der Waals surface area (Å²) >= 11 is 0. The third-order valence-corrected chi connectivity index (χ3v) is 4.08. The smallest absolute Gasteiger partial charge is 0.261 e. The molecule has 0 bridgehead atoms. The maximum Gasteiger partial charge on any atom is 0.261 e. The van der Waals surface area contributed by atoms with Crippen LogP contribution in [0.2, 0.25) is 0 Å². The Bertz CT molecular complexity index is 974. The molecule has 120 valence electrons. The van der Waals surface area contributed by atoms with Gasteiger partial charge in [-0.3, -0.25) is 4.79 Å². The summed E-state index contributed by atoms with van der Waals surface area (Å²) in [5.74, 6) is -0.815. The van der Waals surface area contributed by atoms with Gasteiger partial charge in [0.15, 0.2) is 0 Å². The van der Waals surface area contributed by atoms with Gasteiger partial charge in [-0.1, -0.05) is 6.07 Å². The Morgan fingerprint density at radius 3 is 2.75 bits per heavy atom. The fraction of sp³-hybridized carbons (Fsp3) is 0.111. The van der Waals surface area contributed by atoms with E-state index < -0.39 is 5.91 Å². The number of carbonyl (C=O) groups excluding carboxylic acids is 1. The number of aromatic nitrogens is 2. The Morgan fingerprint density at radius 2 is 1.96 bits per heavy atom. The van der Waals surface area contributed by atoms with Crippen molar-refractivity contribution in [2.75, 3.05) is 5.32 Å². The Kier molecular flexibility index (Phi) is 3.30. The average molecular weight is 323 g/mol. The molecule has 6 heteroatoms. The van der Waals surface area contributed by atoms with Gasteiger partial charge in [0.2, 0.25) is 0 Å². The van der Waals surface area contributed by atoms with Gasteiger partial charge in [0.05, 0.1) is 5.69 Å². The molecule has 0 aliphatic heterocycles. The van der Waals surface area contributed by atoms with Crippen LogP contribution in [0.3, 0.4) is 0 Å². The first-order valence-electron chi connectivity index (χ1n) is 7.59. The molecule has 3 aromatic rings. The first-order valence-corrected chi connectivity index (χ1v) is 7.59. The number of aliphatic hydroxyl groups excluding tert-OH is 1.